The van der Waals surface area contributed by atoms with Crippen LogP contribution in [0.2, 0.25) is 0 Å². The highest BCUT2D eigenvalue weighted by Gasteiger charge is 2.22. The Labute approximate surface area is 113 Å². The van der Waals surface area contributed by atoms with E-state index >= 15 is 0 Å². The van der Waals surface area contributed by atoms with Crippen LogP contribution in [0.4, 0.5) is 0 Å². The average Bonchev–Trinajstić information content (AvgIpc) is 2.39. The van der Waals surface area contributed by atoms with Gasteiger partial charge in [-0.1, -0.05) is 48.0 Å². The summed E-state index contributed by atoms with van der Waals surface area (Å²) < 4.78 is 0. The minimum absolute atomic E-state index is 0.653. The van der Waals surface area contributed by atoms with Crippen LogP contribution in [0.5, 0.6) is 0 Å². The molecule has 0 spiro atoms. The molecule has 2 rings (SSSR count). The second-order valence-electron chi connectivity index (χ2n) is 4.74. The third-order valence-corrected chi connectivity index (χ3v) is 4.25. The van der Waals surface area contributed by atoms with Gasteiger partial charge in [0, 0.05) is 10.6 Å². The van der Waals surface area contributed by atoms with E-state index in [2.05, 4.69) is 31.2 Å². The first-order valence-corrected chi connectivity index (χ1v) is 7.04. The van der Waals surface area contributed by atoms with Crippen LogP contribution in [0.15, 0.2) is 59.5 Å². The molecule has 1 nitrogen and oxygen atoms in total. The van der Waals surface area contributed by atoms with Crippen molar-refractivity contribution in [3.8, 4) is 0 Å². The average molecular weight is 258 g/mol. The number of benzene rings is 2. The normalized spacial score (nSPS) is 14.2. The summed E-state index contributed by atoms with van der Waals surface area (Å²) in [5, 5.41) is 10.5. The lowest BCUT2D eigenvalue weighted by Gasteiger charge is -2.23. The molecule has 0 aromatic heterocycles. The lowest BCUT2D eigenvalue weighted by atomic mass is 9.99. The minimum atomic E-state index is -0.795. The van der Waals surface area contributed by atoms with E-state index < -0.39 is 5.60 Å². The molecule has 0 aliphatic rings. The Morgan fingerprint density at radius 1 is 1.00 bits per heavy atom. The maximum atomic E-state index is 10.5. The van der Waals surface area contributed by atoms with E-state index in [1.165, 1.54) is 10.5 Å². The first-order chi connectivity index (χ1) is 8.58. The van der Waals surface area contributed by atoms with Gasteiger partial charge in [-0.15, -0.1) is 11.8 Å². The monoisotopic (exact) mass is 258 g/mol. The standard InChI is InChI=1S/C16H18OS/c1-13-8-10-15(11-9-13)18-12-16(2,17)14-6-4-3-5-7-14/h3-11,17H,12H2,1-2H3. The molecular formula is C16H18OS. The summed E-state index contributed by atoms with van der Waals surface area (Å²) in [6.07, 6.45) is 0. The first-order valence-electron chi connectivity index (χ1n) is 6.05. The summed E-state index contributed by atoms with van der Waals surface area (Å²) in [7, 11) is 0. The minimum Gasteiger partial charge on any atom is -0.385 e. The predicted octanol–water partition coefficient (Wildman–Crippen LogP) is 3.99. The molecule has 0 radical (unpaired) electrons. The van der Waals surface area contributed by atoms with Crippen LogP contribution in [0.1, 0.15) is 18.1 Å². The molecule has 2 heteroatoms. The van der Waals surface area contributed by atoms with E-state index in [0.717, 1.165) is 5.56 Å². The molecule has 0 amide bonds. The third kappa shape index (κ3) is 3.37. The van der Waals surface area contributed by atoms with Crippen molar-refractivity contribution in [3.05, 3.63) is 65.7 Å². The largest absolute Gasteiger partial charge is 0.385 e. The molecule has 0 bridgehead atoms. The highest BCUT2D eigenvalue weighted by atomic mass is 32.2. The van der Waals surface area contributed by atoms with E-state index in [4.69, 9.17) is 0 Å². The van der Waals surface area contributed by atoms with Gasteiger partial charge in [0.05, 0.1) is 5.60 Å². The number of hydrogen-bond donors (Lipinski definition) is 1. The number of aliphatic hydroxyl groups is 1. The molecule has 2 aromatic carbocycles. The fourth-order valence-corrected chi connectivity index (χ4v) is 2.68. The van der Waals surface area contributed by atoms with Gasteiger partial charge in [0.25, 0.3) is 0 Å². The zero-order valence-corrected chi connectivity index (χ0v) is 11.6. The quantitative estimate of drug-likeness (QED) is 0.837. The first kappa shape index (κ1) is 13.2. The van der Waals surface area contributed by atoms with Crippen LogP contribution in [0, 0.1) is 6.92 Å². The zero-order valence-electron chi connectivity index (χ0n) is 10.8. The van der Waals surface area contributed by atoms with Crippen LogP contribution >= 0.6 is 11.8 Å². The van der Waals surface area contributed by atoms with Crippen molar-refractivity contribution in [2.75, 3.05) is 5.75 Å². The van der Waals surface area contributed by atoms with Crippen molar-refractivity contribution < 1.29 is 5.11 Å². The second-order valence-corrected chi connectivity index (χ2v) is 5.79. The fourth-order valence-electron chi connectivity index (χ4n) is 1.74. The summed E-state index contributed by atoms with van der Waals surface area (Å²) in [4.78, 5) is 1.19. The van der Waals surface area contributed by atoms with Gasteiger partial charge in [-0.2, -0.15) is 0 Å². The van der Waals surface area contributed by atoms with Gasteiger partial charge < -0.3 is 5.11 Å². The highest BCUT2D eigenvalue weighted by Crippen LogP contribution is 2.29. The fraction of sp³-hybridized carbons (Fsp3) is 0.250. The summed E-state index contributed by atoms with van der Waals surface area (Å²) >= 11 is 1.68. The van der Waals surface area contributed by atoms with E-state index in [1.54, 1.807) is 11.8 Å². The summed E-state index contributed by atoms with van der Waals surface area (Å²) in [5.41, 5.74) is 1.43. The number of aryl methyl sites for hydroxylation is 1. The molecule has 0 aliphatic heterocycles. The molecule has 0 saturated heterocycles. The Morgan fingerprint density at radius 3 is 2.22 bits per heavy atom. The van der Waals surface area contributed by atoms with Crippen molar-refractivity contribution in [2.24, 2.45) is 0 Å². The van der Waals surface area contributed by atoms with Crippen LogP contribution in [0.3, 0.4) is 0 Å². The molecule has 0 aliphatic carbocycles. The molecule has 94 valence electrons. The Morgan fingerprint density at radius 2 is 1.61 bits per heavy atom. The third-order valence-electron chi connectivity index (χ3n) is 2.94. The highest BCUT2D eigenvalue weighted by molar-refractivity contribution is 7.99. The van der Waals surface area contributed by atoms with Crippen molar-refractivity contribution in [2.45, 2.75) is 24.3 Å². The summed E-state index contributed by atoms with van der Waals surface area (Å²) in [6, 6.07) is 18.2. The second kappa shape index (κ2) is 5.59. The van der Waals surface area contributed by atoms with E-state index in [-0.39, 0.29) is 0 Å². The van der Waals surface area contributed by atoms with Crippen LogP contribution in [0.25, 0.3) is 0 Å². The van der Waals surface area contributed by atoms with Gasteiger partial charge in [-0.25, -0.2) is 0 Å². The SMILES string of the molecule is Cc1ccc(SCC(C)(O)c2ccccc2)cc1. The summed E-state index contributed by atoms with van der Waals surface area (Å²) in [5.74, 6) is 0.653. The van der Waals surface area contributed by atoms with Crippen LogP contribution in [-0.2, 0) is 5.60 Å². The maximum Gasteiger partial charge on any atom is 0.0962 e. The van der Waals surface area contributed by atoms with Gasteiger partial charge in [-0.05, 0) is 31.5 Å². The zero-order chi connectivity index (χ0) is 13.0. The molecule has 2 aromatic rings. The number of thioether (sulfide) groups is 1. The van der Waals surface area contributed by atoms with Gasteiger partial charge in [-0.3, -0.25) is 0 Å². The molecule has 1 N–H and O–H groups in total. The van der Waals surface area contributed by atoms with Crippen molar-refractivity contribution >= 4 is 11.8 Å². The molecule has 0 fully saturated rings. The van der Waals surface area contributed by atoms with Gasteiger partial charge >= 0.3 is 0 Å². The Balaban J connectivity index is 2.03. The van der Waals surface area contributed by atoms with E-state index in [1.807, 2.05) is 37.3 Å². The van der Waals surface area contributed by atoms with Gasteiger partial charge in [0.15, 0.2) is 0 Å². The Kier molecular flexibility index (Phi) is 4.10. The maximum absolute atomic E-state index is 10.5. The molecular weight excluding hydrogens is 240 g/mol. The lowest BCUT2D eigenvalue weighted by molar-refractivity contribution is 0.0839. The van der Waals surface area contributed by atoms with Crippen molar-refractivity contribution in [1.82, 2.24) is 0 Å². The number of hydrogen-bond acceptors (Lipinski definition) is 2. The molecule has 0 heterocycles. The van der Waals surface area contributed by atoms with Crippen molar-refractivity contribution in [3.63, 3.8) is 0 Å². The predicted molar refractivity (Wildman–Crippen MR) is 77.9 cm³/mol. The van der Waals surface area contributed by atoms with Gasteiger partial charge in [0.2, 0.25) is 0 Å². The Bertz CT molecular complexity index is 488. The van der Waals surface area contributed by atoms with Crippen molar-refractivity contribution in [1.29, 1.82) is 0 Å². The van der Waals surface area contributed by atoms with E-state index in [9.17, 15) is 5.11 Å². The number of rotatable bonds is 4. The van der Waals surface area contributed by atoms with E-state index in [0.29, 0.717) is 5.75 Å². The Hall–Kier alpha value is -1.25. The smallest absolute Gasteiger partial charge is 0.0962 e. The van der Waals surface area contributed by atoms with Crippen LogP contribution < -0.4 is 0 Å². The van der Waals surface area contributed by atoms with Gasteiger partial charge in [0.1, 0.15) is 0 Å². The lowest BCUT2D eigenvalue weighted by Crippen LogP contribution is -2.24. The molecule has 1 atom stereocenters. The summed E-state index contributed by atoms with van der Waals surface area (Å²) in [6.45, 7) is 3.94. The topological polar surface area (TPSA) is 20.2 Å². The molecule has 18 heavy (non-hydrogen) atoms. The molecule has 1 unspecified atom stereocenters. The van der Waals surface area contributed by atoms with Crippen LogP contribution in [-0.4, -0.2) is 10.9 Å². The molecule has 0 saturated carbocycles.